The van der Waals surface area contributed by atoms with Crippen molar-refractivity contribution >= 4 is 5.84 Å². The highest BCUT2D eigenvalue weighted by molar-refractivity contribution is 5.77. The Morgan fingerprint density at radius 2 is 2.38 bits per heavy atom. The molecule has 0 aromatic heterocycles. The summed E-state index contributed by atoms with van der Waals surface area (Å²) in [6, 6.07) is 0. The van der Waals surface area contributed by atoms with Gasteiger partial charge in [0.15, 0.2) is 0 Å². The van der Waals surface area contributed by atoms with E-state index >= 15 is 0 Å². The van der Waals surface area contributed by atoms with Crippen LogP contribution in [0.25, 0.3) is 0 Å². The van der Waals surface area contributed by atoms with Crippen LogP contribution in [0.1, 0.15) is 6.92 Å². The van der Waals surface area contributed by atoms with Gasteiger partial charge >= 0.3 is 0 Å². The van der Waals surface area contributed by atoms with E-state index in [1.807, 2.05) is 0 Å². The van der Waals surface area contributed by atoms with Crippen LogP contribution in [-0.2, 0) is 0 Å². The Morgan fingerprint density at radius 3 is 2.50 bits per heavy atom. The van der Waals surface area contributed by atoms with E-state index < -0.39 is 0 Å². The van der Waals surface area contributed by atoms with Gasteiger partial charge in [0.25, 0.3) is 0 Å². The average Bonchev–Trinajstić information content (AvgIpc) is 1.65. The highest BCUT2D eigenvalue weighted by Crippen LogP contribution is 1.80. The minimum atomic E-state index is 0.535. The van der Waals surface area contributed by atoms with Gasteiger partial charge in [-0.05, 0) is 6.92 Å². The summed E-state index contributed by atoms with van der Waals surface area (Å²) in [7, 11) is 1.77. The molecule has 2 N–H and O–H groups in total. The third-order valence-electron chi connectivity index (χ3n) is 0.580. The molecule has 0 saturated heterocycles. The van der Waals surface area contributed by atoms with Crippen LogP contribution < -0.4 is 5.73 Å². The van der Waals surface area contributed by atoms with Crippen LogP contribution in [0.15, 0.2) is 17.9 Å². The molecule has 0 amide bonds. The fourth-order valence-corrected chi connectivity index (χ4v) is 0.290. The van der Waals surface area contributed by atoms with Gasteiger partial charge in [-0.1, -0.05) is 6.58 Å². The van der Waals surface area contributed by atoms with Crippen molar-refractivity contribution in [2.24, 2.45) is 10.8 Å². The average molecular weight is 113 g/mol. The monoisotopic (exact) mass is 113 g/mol. The molecule has 0 atom stereocenters. The quantitative estimate of drug-likeness (QED) is 0.319. The van der Waals surface area contributed by atoms with Crippen molar-refractivity contribution in [2.75, 3.05) is 7.05 Å². The van der Waals surface area contributed by atoms with E-state index in [1.165, 1.54) is 0 Å². The van der Waals surface area contributed by atoms with Gasteiger partial charge in [-0.3, -0.25) is 5.01 Å². The highest BCUT2D eigenvalue weighted by Gasteiger charge is 1.80. The SMILES string of the molecule is C=CN(C)/N=C(/C)N. The lowest BCUT2D eigenvalue weighted by atomic mass is 10.7. The fraction of sp³-hybridized carbons (Fsp3) is 0.400. The second-order valence-electron chi connectivity index (χ2n) is 1.50. The van der Waals surface area contributed by atoms with Crippen molar-refractivity contribution in [1.82, 2.24) is 5.01 Å². The lowest BCUT2D eigenvalue weighted by molar-refractivity contribution is 0.491. The molecule has 0 aromatic carbocycles. The Bertz CT molecular complexity index is 102. The number of rotatable bonds is 2. The molecule has 8 heavy (non-hydrogen) atoms. The topological polar surface area (TPSA) is 41.6 Å². The second kappa shape index (κ2) is 3.07. The summed E-state index contributed by atoms with van der Waals surface area (Å²) in [4.78, 5) is 0. The van der Waals surface area contributed by atoms with Gasteiger partial charge in [0.1, 0.15) is 5.84 Å². The summed E-state index contributed by atoms with van der Waals surface area (Å²) in [6.45, 7) is 5.20. The lowest BCUT2D eigenvalue weighted by Gasteiger charge is -2.03. The van der Waals surface area contributed by atoms with Gasteiger partial charge in [0.05, 0.1) is 0 Å². The fourth-order valence-electron chi connectivity index (χ4n) is 0.290. The van der Waals surface area contributed by atoms with Gasteiger partial charge in [-0.15, -0.1) is 0 Å². The number of hydrazone groups is 1. The third kappa shape index (κ3) is 3.21. The molecule has 0 rings (SSSR count). The van der Waals surface area contributed by atoms with Crippen molar-refractivity contribution < 1.29 is 0 Å². The summed E-state index contributed by atoms with van der Waals surface area (Å²) in [6.07, 6.45) is 1.58. The molecule has 0 fully saturated rings. The van der Waals surface area contributed by atoms with Gasteiger partial charge in [0.2, 0.25) is 0 Å². The molecule has 0 spiro atoms. The first kappa shape index (κ1) is 7.01. The Balaban J connectivity index is 3.68. The first-order chi connectivity index (χ1) is 3.66. The Hall–Kier alpha value is -0.990. The Labute approximate surface area is 49.5 Å². The van der Waals surface area contributed by atoms with Crippen LogP contribution >= 0.6 is 0 Å². The van der Waals surface area contributed by atoms with Crippen molar-refractivity contribution in [3.63, 3.8) is 0 Å². The van der Waals surface area contributed by atoms with Gasteiger partial charge in [0, 0.05) is 13.2 Å². The summed E-state index contributed by atoms with van der Waals surface area (Å²) >= 11 is 0. The molecular weight excluding hydrogens is 102 g/mol. The first-order valence-corrected chi connectivity index (χ1v) is 2.33. The third-order valence-corrected chi connectivity index (χ3v) is 0.580. The summed E-state index contributed by atoms with van der Waals surface area (Å²) in [5.41, 5.74) is 5.23. The van der Waals surface area contributed by atoms with Crippen LogP contribution in [-0.4, -0.2) is 17.9 Å². The number of hydrogen-bond donors (Lipinski definition) is 1. The Morgan fingerprint density at radius 1 is 1.88 bits per heavy atom. The maximum absolute atomic E-state index is 5.23. The van der Waals surface area contributed by atoms with E-state index in [4.69, 9.17) is 5.73 Å². The maximum Gasteiger partial charge on any atom is 0.117 e. The van der Waals surface area contributed by atoms with Gasteiger partial charge < -0.3 is 5.73 Å². The molecule has 0 unspecified atom stereocenters. The smallest absolute Gasteiger partial charge is 0.117 e. The summed E-state index contributed by atoms with van der Waals surface area (Å²) in [5.74, 6) is 0.535. The maximum atomic E-state index is 5.23. The second-order valence-corrected chi connectivity index (χ2v) is 1.50. The van der Waals surface area contributed by atoms with Crippen LogP contribution in [0.5, 0.6) is 0 Å². The summed E-state index contributed by atoms with van der Waals surface area (Å²) < 4.78 is 0. The molecule has 46 valence electrons. The van der Waals surface area contributed by atoms with E-state index in [2.05, 4.69) is 11.7 Å². The Kier molecular flexibility index (Phi) is 2.69. The molecule has 0 saturated carbocycles. The van der Waals surface area contributed by atoms with Gasteiger partial charge in [-0.25, -0.2) is 0 Å². The first-order valence-electron chi connectivity index (χ1n) is 2.33. The molecule has 0 aliphatic rings. The standard InChI is InChI=1S/C5H11N3/c1-4-8(3)7-5(2)6/h4H,1H2,2-3H3,(H2,6,7). The molecule has 0 heterocycles. The van der Waals surface area contributed by atoms with Crippen molar-refractivity contribution in [3.8, 4) is 0 Å². The molecule has 3 nitrogen and oxygen atoms in total. The van der Waals surface area contributed by atoms with Crippen LogP contribution in [0.2, 0.25) is 0 Å². The zero-order valence-electron chi connectivity index (χ0n) is 5.26. The van der Waals surface area contributed by atoms with E-state index in [1.54, 1.807) is 25.2 Å². The summed E-state index contributed by atoms with van der Waals surface area (Å²) in [5, 5.41) is 5.36. The van der Waals surface area contributed by atoms with Crippen molar-refractivity contribution in [2.45, 2.75) is 6.92 Å². The zero-order valence-corrected chi connectivity index (χ0v) is 5.26. The number of nitrogens with zero attached hydrogens (tertiary/aromatic N) is 2. The predicted octanol–water partition coefficient (Wildman–Crippen LogP) is 0.354. The zero-order chi connectivity index (χ0) is 6.57. The molecule has 3 heteroatoms. The van der Waals surface area contributed by atoms with Crippen LogP contribution in [0.3, 0.4) is 0 Å². The molecule has 0 radical (unpaired) electrons. The minimum Gasteiger partial charge on any atom is -0.386 e. The normalized spacial score (nSPS) is 11.0. The number of amidine groups is 1. The predicted molar refractivity (Wildman–Crippen MR) is 35.3 cm³/mol. The van der Waals surface area contributed by atoms with Crippen LogP contribution in [0.4, 0.5) is 0 Å². The van der Waals surface area contributed by atoms with Crippen molar-refractivity contribution in [3.05, 3.63) is 12.8 Å². The van der Waals surface area contributed by atoms with Crippen molar-refractivity contribution in [1.29, 1.82) is 0 Å². The lowest BCUT2D eigenvalue weighted by Crippen LogP contribution is -2.12. The van der Waals surface area contributed by atoms with Gasteiger partial charge in [-0.2, -0.15) is 5.10 Å². The largest absolute Gasteiger partial charge is 0.386 e. The van der Waals surface area contributed by atoms with E-state index in [-0.39, 0.29) is 0 Å². The number of hydrogen-bond acceptors (Lipinski definition) is 2. The minimum absolute atomic E-state index is 0.535. The van der Waals surface area contributed by atoms with E-state index in [9.17, 15) is 0 Å². The molecular formula is C5H11N3. The van der Waals surface area contributed by atoms with E-state index in [0.29, 0.717) is 5.84 Å². The molecule has 0 aliphatic heterocycles. The molecule has 0 aliphatic carbocycles. The molecule has 0 aromatic rings. The van der Waals surface area contributed by atoms with Crippen LogP contribution in [0, 0.1) is 0 Å². The highest BCUT2D eigenvalue weighted by atomic mass is 15.4. The number of nitrogens with two attached hydrogens (primary N) is 1. The molecule has 0 bridgehead atoms. The van der Waals surface area contributed by atoms with E-state index in [0.717, 1.165) is 0 Å².